The Balaban J connectivity index is 1.76. The number of pyridine rings is 2. The van der Waals surface area contributed by atoms with Crippen molar-refractivity contribution in [2.75, 3.05) is 19.7 Å². The van der Waals surface area contributed by atoms with Crippen LogP contribution in [0.25, 0.3) is 16.7 Å². The van der Waals surface area contributed by atoms with Gasteiger partial charge in [0, 0.05) is 25.8 Å². The van der Waals surface area contributed by atoms with Gasteiger partial charge in [0.1, 0.15) is 16.8 Å². The highest BCUT2D eigenvalue weighted by Crippen LogP contribution is 2.20. The molecule has 4 rings (SSSR count). The molecule has 3 aromatic rings. The molecular formula is C23H25N5O4. The highest BCUT2D eigenvalue weighted by molar-refractivity contribution is 5.97. The predicted octanol–water partition coefficient (Wildman–Crippen LogP) is 1.73. The first kappa shape index (κ1) is 21.5. The number of fused-ring (bicyclic) bond motifs is 2. The zero-order chi connectivity index (χ0) is 22.8. The molecule has 0 aliphatic carbocycles. The fraction of sp³-hybridized carbons (Fsp3) is 0.348. The molecule has 3 aromatic heterocycles. The summed E-state index contributed by atoms with van der Waals surface area (Å²) in [5.41, 5.74) is 0.593. The average Bonchev–Trinajstić information content (AvgIpc) is 2.81. The van der Waals surface area contributed by atoms with Crippen molar-refractivity contribution in [2.24, 2.45) is 5.92 Å². The fourth-order valence-corrected chi connectivity index (χ4v) is 4.11. The van der Waals surface area contributed by atoms with E-state index in [-0.39, 0.29) is 46.3 Å². The molecule has 166 valence electrons. The molecule has 1 aliphatic heterocycles. The first-order chi connectivity index (χ1) is 15.5. The number of hydrogen-bond acceptors (Lipinski definition) is 6. The molecule has 0 aromatic carbocycles. The van der Waals surface area contributed by atoms with Gasteiger partial charge in [-0.15, -0.1) is 6.58 Å². The van der Waals surface area contributed by atoms with Crippen LogP contribution in [-0.4, -0.2) is 50.4 Å². The molecule has 9 heteroatoms. The van der Waals surface area contributed by atoms with E-state index in [1.165, 1.54) is 15.0 Å². The summed E-state index contributed by atoms with van der Waals surface area (Å²) in [5, 5.41) is 8.93. The van der Waals surface area contributed by atoms with Crippen molar-refractivity contribution in [1.82, 2.24) is 18.9 Å². The van der Waals surface area contributed by atoms with Gasteiger partial charge in [-0.1, -0.05) is 12.1 Å². The summed E-state index contributed by atoms with van der Waals surface area (Å²) >= 11 is 0. The molecule has 9 nitrogen and oxygen atoms in total. The third-order valence-electron chi connectivity index (χ3n) is 5.76. The standard InChI is InChI=1S/C23H25N5O4/c1-3-10-28-19(24)16(21(29)26-12-8-15(9-13-26)23(31)32-4-2)14-17-20(28)25-18-7-5-6-11-27(18)22(17)30/h3,5-7,11,14-15,24H,1,4,8-10,12-13H2,2H3. The average molecular weight is 435 g/mol. The maximum absolute atomic E-state index is 13.3. The van der Waals surface area contributed by atoms with Crippen molar-refractivity contribution in [3.05, 3.63) is 64.5 Å². The van der Waals surface area contributed by atoms with Gasteiger partial charge >= 0.3 is 5.97 Å². The monoisotopic (exact) mass is 435 g/mol. The number of amides is 1. The molecule has 0 bridgehead atoms. The van der Waals surface area contributed by atoms with Crippen molar-refractivity contribution in [3.8, 4) is 0 Å². The highest BCUT2D eigenvalue weighted by Gasteiger charge is 2.30. The molecule has 4 heterocycles. The second-order valence-electron chi connectivity index (χ2n) is 7.71. The number of ether oxygens (including phenoxy) is 1. The largest absolute Gasteiger partial charge is 0.466 e. The van der Waals surface area contributed by atoms with Crippen LogP contribution in [-0.2, 0) is 16.1 Å². The Bertz CT molecular complexity index is 1330. The van der Waals surface area contributed by atoms with Crippen LogP contribution in [0, 0.1) is 11.3 Å². The minimum atomic E-state index is -0.338. The third kappa shape index (κ3) is 3.70. The number of nitrogens with zero attached hydrogens (tertiary/aromatic N) is 4. The Morgan fingerprint density at radius 3 is 2.75 bits per heavy atom. The van der Waals surface area contributed by atoms with E-state index in [0.717, 1.165) is 0 Å². The Kier molecular flexibility index (Phi) is 5.89. The number of rotatable bonds is 5. The Hall–Kier alpha value is -3.75. The van der Waals surface area contributed by atoms with Crippen LogP contribution in [0.5, 0.6) is 0 Å². The number of hydrogen-bond donors (Lipinski definition) is 1. The third-order valence-corrected chi connectivity index (χ3v) is 5.76. The van der Waals surface area contributed by atoms with Crippen LogP contribution in [0.1, 0.15) is 30.1 Å². The number of esters is 1. The molecule has 0 atom stereocenters. The lowest BCUT2D eigenvalue weighted by atomic mass is 9.96. The van der Waals surface area contributed by atoms with E-state index >= 15 is 0 Å². The quantitative estimate of drug-likeness (QED) is 0.373. The number of aromatic nitrogens is 3. The normalized spacial score (nSPS) is 14.6. The SMILES string of the molecule is C=CCn1c(=N)c(C(=O)N2CCC(C(=O)OCC)CC2)cc2c(=O)n3ccccc3nc21. The number of nitrogens with one attached hydrogen (secondary N) is 1. The van der Waals surface area contributed by atoms with Crippen molar-refractivity contribution in [2.45, 2.75) is 26.3 Å². The Morgan fingerprint density at radius 1 is 1.31 bits per heavy atom. The molecular weight excluding hydrogens is 410 g/mol. The van der Waals surface area contributed by atoms with E-state index in [2.05, 4.69) is 11.6 Å². The van der Waals surface area contributed by atoms with E-state index in [1.807, 2.05) is 0 Å². The highest BCUT2D eigenvalue weighted by atomic mass is 16.5. The molecule has 0 spiro atoms. The van der Waals surface area contributed by atoms with Crippen LogP contribution in [0.3, 0.4) is 0 Å². The van der Waals surface area contributed by atoms with E-state index in [9.17, 15) is 14.4 Å². The van der Waals surface area contributed by atoms with Crippen molar-refractivity contribution in [3.63, 3.8) is 0 Å². The van der Waals surface area contributed by atoms with Crippen molar-refractivity contribution in [1.29, 1.82) is 5.41 Å². The summed E-state index contributed by atoms with van der Waals surface area (Å²) in [4.78, 5) is 44.6. The van der Waals surface area contributed by atoms with E-state index in [1.54, 1.807) is 42.3 Å². The molecule has 1 amide bonds. The van der Waals surface area contributed by atoms with Gasteiger partial charge in [0.2, 0.25) is 0 Å². The van der Waals surface area contributed by atoms with Crippen molar-refractivity contribution >= 4 is 28.6 Å². The maximum Gasteiger partial charge on any atom is 0.309 e. The molecule has 1 saturated heterocycles. The lowest BCUT2D eigenvalue weighted by Crippen LogP contribution is -2.43. The first-order valence-corrected chi connectivity index (χ1v) is 10.6. The number of carbonyl (C=O) groups excluding carboxylic acids is 2. The Morgan fingerprint density at radius 2 is 2.06 bits per heavy atom. The van der Waals surface area contributed by atoms with Crippen LogP contribution in [0.4, 0.5) is 0 Å². The lowest BCUT2D eigenvalue weighted by molar-refractivity contribution is -0.149. The first-order valence-electron chi connectivity index (χ1n) is 10.6. The van der Waals surface area contributed by atoms with Crippen molar-refractivity contribution < 1.29 is 14.3 Å². The Labute approximate surface area is 184 Å². The summed E-state index contributed by atoms with van der Waals surface area (Å²) in [6.07, 6.45) is 4.24. The zero-order valence-electron chi connectivity index (χ0n) is 17.9. The molecule has 1 fully saturated rings. The molecule has 1 N–H and O–H groups in total. The molecule has 0 unspecified atom stereocenters. The van der Waals surface area contributed by atoms with Gasteiger partial charge in [0.05, 0.1) is 23.5 Å². The van der Waals surface area contributed by atoms with E-state index in [4.69, 9.17) is 10.1 Å². The van der Waals surface area contributed by atoms with E-state index in [0.29, 0.717) is 43.8 Å². The minimum Gasteiger partial charge on any atom is -0.466 e. The second kappa shape index (κ2) is 8.78. The van der Waals surface area contributed by atoms with Crippen LogP contribution in [0.2, 0.25) is 0 Å². The number of carbonyl (C=O) groups is 2. The summed E-state index contributed by atoms with van der Waals surface area (Å²) < 4.78 is 8.03. The predicted molar refractivity (Wildman–Crippen MR) is 118 cm³/mol. The molecule has 0 saturated carbocycles. The van der Waals surface area contributed by atoms with Gasteiger partial charge in [0.25, 0.3) is 11.5 Å². The van der Waals surface area contributed by atoms with Gasteiger partial charge in [0.15, 0.2) is 0 Å². The molecule has 32 heavy (non-hydrogen) atoms. The number of piperidine rings is 1. The van der Waals surface area contributed by atoms with Crippen LogP contribution >= 0.6 is 0 Å². The fourth-order valence-electron chi connectivity index (χ4n) is 4.11. The van der Waals surface area contributed by atoms with Gasteiger partial charge < -0.3 is 14.2 Å². The lowest BCUT2D eigenvalue weighted by Gasteiger charge is -2.31. The number of allylic oxidation sites excluding steroid dienone is 1. The molecule has 0 radical (unpaired) electrons. The van der Waals surface area contributed by atoms with Crippen LogP contribution in [0.15, 0.2) is 47.9 Å². The molecule has 1 aliphatic rings. The summed E-state index contributed by atoms with van der Waals surface area (Å²) in [6.45, 7) is 6.84. The summed E-state index contributed by atoms with van der Waals surface area (Å²) in [7, 11) is 0. The topological polar surface area (TPSA) is 110 Å². The van der Waals surface area contributed by atoms with Gasteiger partial charge in [-0.25, -0.2) is 4.98 Å². The maximum atomic E-state index is 13.3. The van der Waals surface area contributed by atoms with E-state index < -0.39 is 0 Å². The smallest absolute Gasteiger partial charge is 0.309 e. The zero-order valence-corrected chi connectivity index (χ0v) is 17.9. The number of likely N-dealkylation sites (tertiary alicyclic amines) is 1. The summed E-state index contributed by atoms with van der Waals surface area (Å²) in [6, 6.07) is 6.70. The van der Waals surface area contributed by atoms with Gasteiger partial charge in [-0.05, 0) is 38.0 Å². The minimum absolute atomic E-state index is 0.0258. The summed E-state index contributed by atoms with van der Waals surface area (Å²) in [5.74, 6) is -0.798. The second-order valence-corrected chi connectivity index (χ2v) is 7.71. The van der Waals surface area contributed by atoms with Gasteiger partial charge in [-0.3, -0.25) is 24.2 Å². The van der Waals surface area contributed by atoms with Crippen LogP contribution < -0.4 is 11.0 Å². The van der Waals surface area contributed by atoms with Gasteiger partial charge in [-0.2, -0.15) is 0 Å².